The fraction of sp³-hybridized carbons (Fsp3) is 0.440. The second-order valence-electron chi connectivity index (χ2n) is 8.70. The quantitative estimate of drug-likeness (QED) is 0.449. The van der Waals surface area contributed by atoms with Crippen molar-refractivity contribution in [1.29, 1.82) is 0 Å². The van der Waals surface area contributed by atoms with Gasteiger partial charge in [0.25, 0.3) is 0 Å². The highest BCUT2D eigenvalue weighted by Crippen LogP contribution is 2.35. The molecule has 0 saturated carbocycles. The molecular weight excluding hydrogens is 472 g/mol. The molecule has 1 unspecified atom stereocenters. The number of aromatic nitrogens is 3. The number of aliphatic carboxylic acids is 1. The first-order chi connectivity index (χ1) is 16.6. The summed E-state index contributed by atoms with van der Waals surface area (Å²) in [5.41, 5.74) is 3.18. The number of aryl methyl sites for hydroxylation is 3. The van der Waals surface area contributed by atoms with Gasteiger partial charge in [-0.2, -0.15) is 4.98 Å². The van der Waals surface area contributed by atoms with Gasteiger partial charge in [-0.3, -0.25) is 4.79 Å². The van der Waals surface area contributed by atoms with Gasteiger partial charge in [0, 0.05) is 31.0 Å². The average molecular weight is 501 g/mol. The second-order valence-corrected chi connectivity index (χ2v) is 8.70. The number of anilines is 1. The minimum absolute atomic E-state index is 0. The molecule has 186 valence electrons. The zero-order valence-electron chi connectivity index (χ0n) is 19.4. The topological polar surface area (TPSA) is 120 Å². The number of halogens is 1. The molecule has 0 fully saturated rings. The van der Waals surface area contributed by atoms with E-state index in [0.29, 0.717) is 49.3 Å². The van der Waals surface area contributed by atoms with Crippen LogP contribution in [0, 0.1) is 0 Å². The fourth-order valence-corrected chi connectivity index (χ4v) is 4.45. The largest absolute Gasteiger partial charge is 0.486 e. The predicted octanol–water partition coefficient (Wildman–Crippen LogP) is 3.99. The number of nitrogens with one attached hydrogen (secondary N) is 1. The highest BCUT2D eigenvalue weighted by Gasteiger charge is 2.22. The summed E-state index contributed by atoms with van der Waals surface area (Å²) in [6.45, 7) is 1.96. The molecule has 2 N–H and O–H groups in total. The fourth-order valence-electron chi connectivity index (χ4n) is 4.45. The van der Waals surface area contributed by atoms with E-state index in [1.165, 1.54) is 5.56 Å². The van der Waals surface area contributed by atoms with Crippen molar-refractivity contribution in [2.45, 2.75) is 50.9 Å². The van der Waals surface area contributed by atoms with Crippen molar-refractivity contribution in [2.75, 3.05) is 25.1 Å². The van der Waals surface area contributed by atoms with Crippen LogP contribution in [-0.2, 0) is 30.5 Å². The number of carboxylic acids is 1. The van der Waals surface area contributed by atoms with E-state index in [9.17, 15) is 9.90 Å². The number of carboxylic acid groups (broad SMARTS) is 1. The Morgan fingerprint density at radius 2 is 1.94 bits per heavy atom. The Morgan fingerprint density at radius 3 is 2.80 bits per heavy atom. The van der Waals surface area contributed by atoms with Crippen LogP contribution >= 0.6 is 12.4 Å². The average Bonchev–Trinajstić information content (AvgIpc) is 3.30. The Kier molecular flexibility index (Phi) is 8.07. The summed E-state index contributed by atoms with van der Waals surface area (Å²) >= 11 is 0. The standard InChI is InChI=1S/C25H28N4O5.ClH/c30-24(31)15-18(17-7-9-20-21(13-17)33-12-11-32-20)14-23-28-22(29-34-23)5-1-4-19-8-6-16-3-2-10-26-25(16)27-19;/h6-9,13,18H,1-5,10-12,14-15H2,(H,26,27)(H,30,31);1H. The Balaban J connectivity index is 0.00000289. The van der Waals surface area contributed by atoms with E-state index in [4.69, 9.17) is 19.0 Å². The van der Waals surface area contributed by atoms with Gasteiger partial charge >= 0.3 is 5.97 Å². The number of benzene rings is 1. The minimum atomic E-state index is -0.883. The minimum Gasteiger partial charge on any atom is -0.486 e. The molecule has 4 heterocycles. The third-order valence-electron chi connectivity index (χ3n) is 6.17. The van der Waals surface area contributed by atoms with Crippen molar-refractivity contribution >= 4 is 24.2 Å². The molecular formula is C25H29ClN4O5. The number of hydrogen-bond donors (Lipinski definition) is 2. The van der Waals surface area contributed by atoms with Crippen LogP contribution in [0.4, 0.5) is 5.82 Å². The molecule has 2 aromatic heterocycles. The van der Waals surface area contributed by atoms with Crippen molar-refractivity contribution in [3.8, 4) is 11.5 Å². The molecule has 1 atom stereocenters. The summed E-state index contributed by atoms with van der Waals surface area (Å²) in [6.07, 6.45) is 4.88. The molecule has 3 aromatic rings. The van der Waals surface area contributed by atoms with Crippen molar-refractivity contribution in [3.05, 3.63) is 58.9 Å². The van der Waals surface area contributed by atoms with Crippen molar-refractivity contribution in [3.63, 3.8) is 0 Å². The lowest BCUT2D eigenvalue weighted by Crippen LogP contribution is -2.16. The summed E-state index contributed by atoms with van der Waals surface area (Å²) < 4.78 is 16.7. The van der Waals surface area contributed by atoms with Crippen LogP contribution in [0.3, 0.4) is 0 Å². The van der Waals surface area contributed by atoms with Gasteiger partial charge < -0.3 is 24.4 Å². The van der Waals surface area contributed by atoms with Crippen LogP contribution in [0.25, 0.3) is 0 Å². The maximum absolute atomic E-state index is 11.5. The zero-order chi connectivity index (χ0) is 23.3. The first kappa shape index (κ1) is 24.8. The van der Waals surface area contributed by atoms with Crippen LogP contribution in [-0.4, -0.2) is 46.0 Å². The van der Waals surface area contributed by atoms with Gasteiger partial charge in [0.2, 0.25) is 5.89 Å². The maximum atomic E-state index is 11.5. The van der Waals surface area contributed by atoms with Gasteiger partial charge in [-0.05, 0) is 55.0 Å². The number of fused-ring (bicyclic) bond motifs is 2. The maximum Gasteiger partial charge on any atom is 0.303 e. The van der Waals surface area contributed by atoms with Crippen LogP contribution in [0.15, 0.2) is 34.9 Å². The number of pyridine rings is 1. The summed E-state index contributed by atoms with van der Waals surface area (Å²) in [6, 6.07) is 9.80. The molecule has 0 saturated heterocycles. The molecule has 2 aliphatic rings. The molecule has 0 amide bonds. The number of ether oxygens (including phenoxy) is 2. The third kappa shape index (κ3) is 6.22. The molecule has 0 aliphatic carbocycles. The molecule has 10 heteroatoms. The summed E-state index contributed by atoms with van der Waals surface area (Å²) in [7, 11) is 0. The lowest BCUT2D eigenvalue weighted by Gasteiger charge is -2.21. The summed E-state index contributed by atoms with van der Waals surface area (Å²) in [5, 5.41) is 16.9. The van der Waals surface area contributed by atoms with Gasteiger partial charge in [0.05, 0.1) is 6.42 Å². The molecule has 9 nitrogen and oxygen atoms in total. The number of carbonyl (C=O) groups is 1. The van der Waals surface area contributed by atoms with Crippen LogP contribution in [0.2, 0.25) is 0 Å². The molecule has 1 aromatic carbocycles. The van der Waals surface area contributed by atoms with Gasteiger partial charge in [0.15, 0.2) is 17.3 Å². The second kappa shape index (κ2) is 11.4. The van der Waals surface area contributed by atoms with Crippen molar-refractivity contribution in [1.82, 2.24) is 15.1 Å². The molecule has 0 bridgehead atoms. The predicted molar refractivity (Wildman–Crippen MR) is 131 cm³/mol. The van der Waals surface area contributed by atoms with Crippen molar-refractivity contribution < 1.29 is 23.9 Å². The van der Waals surface area contributed by atoms with E-state index < -0.39 is 5.97 Å². The van der Waals surface area contributed by atoms with E-state index in [0.717, 1.165) is 49.3 Å². The van der Waals surface area contributed by atoms with E-state index in [1.54, 1.807) is 0 Å². The van der Waals surface area contributed by atoms with E-state index in [-0.39, 0.29) is 24.7 Å². The van der Waals surface area contributed by atoms with E-state index in [2.05, 4.69) is 27.6 Å². The first-order valence-corrected chi connectivity index (χ1v) is 11.8. The lowest BCUT2D eigenvalue weighted by atomic mass is 9.92. The molecule has 35 heavy (non-hydrogen) atoms. The third-order valence-corrected chi connectivity index (χ3v) is 6.17. The number of hydrogen-bond acceptors (Lipinski definition) is 8. The van der Waals surface area contributed by atoms with Crippen molar-refractivity contribution in [2.24, 2.45) is 0 Å². The monoisotopic (exact) mass is 500 g/mol. The Bertz CT molecular complexity index is 1170. The van der Waals surface area contributed by atoms with E-state index >= 15 is 0 Å². The Labute approximate surface area is 209 Å². The molecule has 0 radical (unpaired) electrons. The smallest absolute Gasteiger partial charge is 0.303 e. The normalized spacial score (nSPS) is 14.9. The lowest BCUT2D eigenvalue weighted by molar-refractivity contribution is -0.137. The van der Waals surface area contributed by atoms with Gasteiger partial charge in [-0.15, -0.1) is 12.4 Å². The molecule has 0 spiro atoms. The Morgan fingerprint density at radius 1 is 1.09 bits per heavy atom. The van der Waals surface area contributed by atoms with Crippen LogP contribution in [0.5, 0.6) is 11.5 Å². The zero-order valence-corrected chi connectivity index (χ0v) is 20.2. The highest BCUT2D eigenvalue weighted by molar-refractivity contribution is 5.85. The summed E-state index contributed by atoms with van der Waals surface area (Å²) in [4.78, 5) is 20.7. The Hall–Kier alpha value is -3.33. The highest BCUT2D eigenvalue weighted by atomic mass is 35.5. The van der Waals surface area contributed by atoms with Gasteiger partial charge in [-0.1, -0.05) is 17.3 Å². The first-order valence-electron chi connectivity index (χ1n) is 11.8. The van der Waals surface area contributed by atoms with Gasteiger partial charge in [-0.25, -0.2) is 4.98 Å². The molecule has 2 aliphatic heterocycles. The van der Waals surface area contributed by atoms with E-state index in [1.807, 2.05) is 18.2 Å². The molecule has 5 rings (SSSR count). The van der Waals surface area contributed by atoms with Gasteiger partial charge in [0.1, 0.15) is 19.0 Å². The number of rotatable bonds is 9. The number of nitrogens with zero attached hydrogens (tertiary/aromatic N) is 3. The van der Waals surface area contributed by atoms with Crippen LogP contribution in [0.1, 0.15) is 53.7 Å². The van der Waals surface area contributed by atoms with Crippen LogP contribution < -0.4 is 14.8 Å². The summed E-state index contributed by atoms with van der Waals surface area (Å²) in [5.74, 6) is 2.19. The SMILES string of the molecule is Cl.O=C(O)CC(Cc1nc(CCCc2ccc3c(n2)NCCC3)no1)c1ccc2c(c1)OCCO2.